The van der Waals surface area contributed by atoms with Crippen LogP contribution in [0.5, 0.6) is 5.75 Å². The van der Waals surface area contributed by atoms with Crippen LogP contribution < -0.4 is 10.5 Å². The van der Waals surface area contributed by atoms with E-state index in [0.29, 0.717) is 0 Å². The van der Waals surface area contributed by atoms with E-state index in [9.17, 15) is 0 Å². The maximum absolute atomic E-state index is 5.82. The second-order valence-electron chi connectivity index (χ2n) is 5.27. The molecule has 2 nitrogen and oxygen atoms in total. The molecule has 0 atom stereocenters. The van der Waals surface area contributed by atoms with Gasteiger partial charge in [-0.15, -0.1) is 0 Å². The van der Waals surface area contributed by atoms with Crippen molar-refractivity contribution < 1.29 is 4.74 Å². The van der Waals surface area contributed by atoms with Gasteiger partial charge in [-0.1, -0.05) is 56.0 Å². The minimum absolute atomic E-state index is 0.815. The molecule has 0 aromatic heterocycles. The van der Waals surface area contributed by atoms with E-state index in [1.807, 2.05) is 0 Å². The Labute approximate surface area is 121 Å². The van der Waals surface area contributed by atoms with Gasteiger partial charge in [0.25, 0.3) is 0 Å². The Bertz CT molecular complexity index is 509. The van der Waals surface area contributed by atoms with Crippen molar-refractivity contribution in [1.29, 1.82) is 0 Å². The van der Waals surface area contributed by atoms with Gasteiger partial charge in [0.15, 0.2) is 0 Å². The fraction of sp³-hybridized carbons (Fsp3) is 0.444. The smallest absolute Gasteiger partial charge is 0.119 e. The Morgan fingerprint density at radius 3 is 2.25 bits per heavy atom. The normalized spacial score (nSPS) is 10.8. The van der Waals surface area contributed by atoms with Crippen LogP contribution in [0.1, 0.15) is 38.5 Å². The number of unbranched alkanes of at least 4 members (excludes halogenated alkanes) is 5. The first kappa shape index (κ1) is 14.9. The zero-order valence-electron chi connectivity index (χ0n) is 12.2. The number of benzene rings is 2. The highest BCUT2D eigenvalue weighted by Crippen LogP contribution is 2.20. The van der Waals surface area contributed by atoms with Gasteiger partial charge in [-0.2, -0.15) is 0 Å². The Hall–Kier alpha value is -1.54. The summed E-state index contributed by atoms with van der Waals surface area (Å²) in [7, 11) is 0. The van der Waals surface area contributed by atoms with Gasteiger partial charge in [0, 0.05) is 0 Å². The van der Waals surface area contributed by atoms with E-state index in [2.05, 4.69) is 42.5 Å². The van der Waals surface area contributed by atoms with Crippen LogP contribution in [0.25, 0.3) is 10.8 Å². The van der Waals surface area contributed by atoms with Crippen LogP contribution in [0, 0.1) is 0 Å². The van der Waals surface area contributed by atoms with Crippen LogP contribution in [0.2, 0.25) is 0 Å². The number of hydrogen-bond acceptors (Lipinski definition) is 2. The van der Waals surface area contributed by atoms with Crippen LogP contribution in [0.15, 0.2) is 42.5 Å². The summed E-state index contributed by atoms with van der Waals surface area (Å²) in [4.78, 5) is 0. The second kappa shape index (κ2) is 8.60. The summed E-state index contributed by atoms with van der Waals surface area (Å²) in [6.07, 6.45) is 7.40. The molecule has 0 aliphatic rings. The van der Waals surface area contributed by atoms with Gasteiger partial charge in [-0.25, -0.2) is 0 Å². The molecule has 0 spiro atoms. The maximum Gasteiger partial charge on any atom is 0.119 e. The Balaban J connectivity index is 1.65. The zero-order chi connectivity index (χ0) is 14.0. The number of nitrogens with two attached hydrogens (primary N) is 1. The molecule has 2 aromatic carbocycles. The van der Waals surface area contributed by atoms with E-state index in [-0.39, 0.29) is 0 Å². The van der Waals surface area contributed by atoms with Crippen molar-refractivity contribution in [1.82, 2.24) is 0 Å². The van der Waals surface area contributed by atoms with Crippen molar-refractivity contribution >= 4 is 10.8 Å². The molecule has 0 amide bonds. The Morgan fingerprint density at radius 1 is 0.750 bits per heavy atom. The van der Waals surface area contributed by atoms with Crippen molar-refractivity contribution in [3.8, 4) is 5.75 Å². The van der Waals surface area contributed by atoms with Gasteiger partial charge < -0.3 is 10.5 Å². The van der Waals surface area contributed by atoms with Crippen LogP contribution in [0.4, 0.5) is 0 Å². The largest absolute Gasteiger partial charge is 0.494 e. The van der Waals surface area contributed by atoms with Gasteiger partial charge in [0.05, 0.1) is 6.61 Å². The Morgan fingerprint density at radius 2 is 1.45 bits per heavy atom. The number of rotatable bonds is 9. The molecule has 0 saturated heterocycles. The molecule has 2 rings (SSSR count). The molecule has 0 aliphatic carbocycles. The summed E-state index contributed by atoms with van der Waals surface area (Å²) in [6, 6.07) is 14.7. The summed E-state index contributed by atoms with van der Waals surface area (Å²) in [5.74, 6) is 0.979. The molecular formula is C18H25NO. The third-order valence-electron chi connectivity index (χ3n) is 3.59. The zero-order valence-corrected chi connectivity index (χ0v) is 12.2. The lowest BCUT2D eigenvalue weighted by Crippen LogP contribution is -1.98. The van der Waals surface area contributed by atoms with Crippen molar-refractivity contribution in [3.63, 3.8) is 0 Å². The van der Waals surface area contributed by atoms with Gasteiger partial charge in [0.2, 0.25) is 0 Å². The summed E-state index contributed by atoms with van der Waals surface area (Å²) >= 11 is 0. The first-order valence-electron chi connectivity index (χ1n) is 7.72. The van der Waals surface area contributed by atoms with Gasteiger partial charge in [0.1, 0.15) is 5.75 Å². The summed E-state index contributed by atoms with van der Waals surface area (Å²) in [5.41, 5.74) is 5.47. The molecular weight excluding hydrogens is 246 g/mol. The molecule has 0 unspecified atom stereocenters. The van der Waals surface area contributed by atoms with Crippen molar-refractivity contribution in [2.45, 2.75) is 38.5 Å². The molecule has 0 fully saturated rings. The highest BCUT2D eigenvalue weighted by Gasteiger charge is 1.97. The predicted octanol–water partition coefficient (Wildman–Crippen LogP) is 4.52. The predicted molar refractivity (Wildman–Crippen MR) is 86.2 cm³/mol. The first-order valence-corrected chi connectivity index (χ1v) is 7.72. The lowest BCUT2D eigenvalue weighted by atomic mass is 10.1. The molecule has 108 valence electrons. The molecule has 20 heavy (non-hydrogen) atoms. The molecule has 0 heterocycles. The van der Waals surface area contributed by atoms with Crippen LogP contribution in [0.3, 0.4) is 0 Å². The van der Waals surface area contributed by atoms with E-state index < -0.39 is 0 Å². The highest BCUT2D eigenvalue weighted by molar-refractivity contribution is 5.83. The van der Waals surface area contributed by atoms with Crippen LogP contribution in [-0.2, 0) is 0 Å². The van der Waals surface area contributed by atoms with E-state index in [4.69, 9.17) is 10.5 Å². The fourth-order valence-corrected chi connectivity index (χ4v) is 2.40. The van der Waals surface area contributed by atoms with Crippen molar-refractivity contribution in [2.75, 3.05) is 13.2 Å². The van der Waals surface area contributed by atoms with E-state index in [0.717, 1.165) is 31.7 Å². The quantitative estimate of drug-likeness (QED) is 0.681. The maximum atomic E-state index is 5.82. The van der Waals surface area contributed by atoms with Crippen LogP contribution in [-0.4, -0.2) is 13.2 Å². The average Bonchev–Trinajstić information content (AvgIpc) is 2.50. The third-order valence-corrected chi connectivity index (χ3v) is 3.59. The summed E-state index contributed by atoms with van der Waals surface area (Å²) in [5, 5.41) is 2.51. The van der Waals surface area contributed by atoms with E-state index in [1.165, 1.54) is 36.5 Å². The molecule has 0 bridgehead atoms. The highest BCUT2D eigenvalue weighted by atomic mass is 16.5. The third kappa shape index (κ3) is 4.86. The monoisotopic (exact) mass is 271 g/mol. The van der Waals surface area contributed by atoms with E-state index >= 15 is 0 Å². The SMILES string of the molecule is NCCCCCCCCOc1ccc2ccccc2c1. The molecule has 2 aromatic rings. The summed E-state index contributed by atoms with van der Waals surface area (Å²) in [6.45, 7) is 1.64. The topological polar surface area (TPSA) is 35.2 Å². The standard InChI is InChI=1S/C18H25NO/c19-13-7-3-1-2-4-8-14-20-18-12-11-16-9-5-6-10-17(16)15-18/h5-6,9-12,15H,1-4,7-8,13-14,19H2. The first-order chi connectivity index (χ1) is 9.90. The molecule has 0 radical (unpaired) electrons. The number of ether oxygens (including phenoxy) is 1. The lowest BCUT2D eigenvalue weighted by Gasteiger charge is -2.07. The summed E-state index contributed by atoms with van der Waals surface area (Å²) < 4.78 is 5.82. The lowest BCUT2D eigenvalue weighted by molar-refractivity contribution is 0.304. The molecule has 2 N–H and O–H groups in total. The minimum atomic E-state index is 0.815. The van der Waals surface area contributed by atoms with Crippen molar-refractivity contribution in [3.05, 3.63) is 42.5 Å². The minimum Gasteiger partial charge on any atom is -0.494 e. The van der Waals surface area contributed by atoms with Gasteiger partial charge in [-0.3, -0.25) is 0 Å². The second-order valence-corrected chi connectivity index (χ2v) is 5.27. The van der Waals surface area contributed by atoms with Crippen LogP contribution >= 0.6 is 0 Å². The number of hydrogen-bond donors (Lipinski definition) is 1. The molecule has 0 aliphatic heterocycles. The molecule has 2 heteroatoms. The van der Waals surface area contributed by atoms with Gasteiger partial charge in [-0.05, 0) is 42.3 Å². The fourth-order valence-electron chi connectivity index (χ4n) is 2.40. The molecule has 0 saturated carbocycles. The van der Waals surface area contributed by atoms with E-state index in [1.54, 1.807) is 0 Å². The average molecular weight is 271 g/mol. The Kier molecular flexibility index (Phi) is 6.39. The van der Waals surface area contributed by atoms with Crippen molar-refractivity contribution in [2.24, 2.45) is 5.73 Å². The number of fused-ring (bicyclic) bond motifs is 1. The van der Waals surface area contributed by atoms with Gasteiger partial charge >= 0.3 is 0 Å².